The highest BCUT2D eigenvalue weighted by Crippen LogP contribution is 2.21. The molecule has 0 aromatic carbocycles. The maximum absolute atomic E-state index is 10.9. The summed E-state index contributed by atoms with van der Waals surface area (Å²) < 4.78 is 0.696. The molecule has 0 unspecified atom stereocenters. The quantitative estimate of drug-likeness (QED) is 0.603. The van der Waals surface area contributed by atoms with Gasteiger partial charge in [-0.1, -0.05) is 11.6 Å². The molecule has 0 amide bonds. The van der Waals surface area contributed by atoms with E-state index in [2.05, 4.69) is 4.98 Å². The lowest BCUT2D eigenvalue weighted by molar-refractivity contribution is 1.11. The van der Waals surface area contributed by atoms with Crippen LogP contribution in [0.4, 0.5) is 0 Å². The lowest BCUT2D eigenvalue weighted by Crippen LogP contribution is -1.84. The van der Waals surface area contributed by atoms with Crippen molar-refractivity contribution in [3.05, 3.63) is 34.8 Å². The lowest BCUT2D eigenvalue weighted by Gasteiger charge is -2.05. The summed E-state index contributed by atoms with van der Waals surface area (Å²) >= 11 is 5.78. The summed E-state index contributed by atoms with van der Waals surface area (Å²) in [5.74, 6) is 0. The summed E-state index contributed by atoms with van der Waals surface area (Å²) in [6.07, 6.45) is 2.91. The molecule has 3 nitrogen and oxygen atoms in total. The Kier molecular flexibility index (Phi) is 1.26. The van der Waals surface area contributed by atoms with Crippen molar-refractivity contribution in [2.75, 3.05) is 0 Å². The molecule has 0 saturated heterocycles. The van der Waals surface area contributed by atoms with Crippen molar-refractivity contribution < 1.29 is 0 Å². The first-order chi connectivity index (χ1) is 5.29. The second-order valence-corrected chi connectivity index (χ2v) is 2.58. The van der Waals surface area contributed by atoms with Gasteiger partial charge in [-0.15, -0.1) is 0 Å². The molecule has 56 valence electrons. The van der Waals surface area contributed by atoms with Crippen LogP contribution in [0.15, 0.2) is 24.5 Å². The highest BCUT2D eigenvalue weighted by Gasteiger charge is 1.99. The van der Waals surface area contributed by atoms with Crippen LogP contribution in [0.2, 0.25) is 5.02 Å². The van der Waals surface area contributed by atoms with Gasteiger partial charge in [0, 0.05) is 17.8 Å². The Morgan fingerprint density at radius 2 is 2.27 bits per heavy atom. The van der Waals surface area contributed by atoms with E-state index in [1.165, 1.54) is 12.4 Å². The van der Waals surface area contributed by atoms with E-state index < -0.39 is 0 Å². The number of nitrogens with zero attached hydrogens (tertiary/aromatic N) is 2. The van der Waals surface area contributed by atoms with Crippen LogP contribution in [-0.2, 0) is 0 Å². The summed E-state index contributed by atoms with van der Waals surface area (Å²) in [5, 5.41) is 12.2. The smallest absolute Gasteiger partial charge is 0.136 e. The van der Waals surface area contributed by atoms with Gasteiger partial charge in [0.15, 0.2) is 0 Å². The topological polar surface area (TPSA) is 40.9 Å². The molecule has 0 aliphatic heterocycles. The monoisotopic (exact) mass is 167 g/mol. The van der Waals surface area contributed by atoms with Gasteiger partial charge in [0.1, 0.15) is 5.65 Å². The minimum Gasteiger partial charge on any atom is -0.805 e. The normalized spacial score (nSPS) is 10.6. The average Bonchev–Trinajstić information content (AvgIpc) is 2.35. The Bertz CT molecular complexity index is 396. The lowest BCUT2D eigenvalue weighted by atomic mass is 10.3. The largest absolute Gasteiger partial charge is 0.805 e. The van der Waals surface area contributed by atoms with Crippen molar-refractivity contribution >= 4 is 22.6 Å². The minimum absolute atomic E-state index is 0.373. The van der Waals surface area contributed by atoms with Gasteiger partial charge in [0.25, 0.3) is 0 Å². The van der Waals surface area contributed by atoms with E-state index in [1.807, 2.05) is 0 Å². The molecule has 2 aromatic rings. The van der Waals surface area contributed by atoms with Crippen molar-refractivity contribution in [3.8, 4) is 0 Å². The van der Waals surface area contributed by atoms with Gasteiger partial charge in [-0.05, 0) is 12.1 Å². The first kappa shape index (κ1) is 6.49. The SMILES string of the molecule is [O-]n1ccc2c(Cl)ccnc21. The molecule has 0 aliphatic carbocycles. The average molecular weight is 168 g/mol. The van der Waals surface area contributed by atoms with Crippen molar-refractivity contribution in [1.82, 2.24) is 9.71 Å². The second-order valence-electron chi connectivity index (χ2n) is 2.17. The summed E-state index contributed by atoms with van der Waals surface area (Å²) in [4.78, 5) is 3.87. The van der Waals surface area contributed by atoms with Crippen molar-refractivity contribution in [2.45, 2.75) is 0 Å². The number of halogens is 1. The Morgan fingerprint density at radius 1 is 1.45 bits per heavy atom. The van der Waals surface area contributed by atoms with E-state index in [-0.39, 0.29) is 0 Å². The first-order valence-electron chi connectivity index (χ1n) is 3.08. The van der Waals surface area contributed by atoms with Crippen LogP contribution in [0.3, 0.4) is 0 Å². The van der Waals surface area contributed by atoms with Crippen LogP contribution in [0.25, 0.3) is 11.0 Å². The molecule has 0 spiro atoms. The van der Waals surface area contributed by atoms with E-state index in [1.54, 1.807) is 12.1 Å². The van der Waals surface area contributed by atoms with Crippen LogP contribution >= 0.6 is 11.6 Å². The first-order valence-corrected chi connectivity index (χ1v) is 3.46. The molecule has 0 bridgehead atoms. The molecule has 4 heteroatoms. The van der Waals surface area contributed by atoms with Crippen molar-refractivity contribution in [1.29, 1.82) is 0 Å². The summed E-state index contributed by atoms with van der Waals surface area (Å²) in [6.45, 7) is 0. The third-order valence-corrected chi connectivity index (χ3v) is 1.83. The Hall–Kier alpha value is -1.22. The van der Waals surface area contributed by atoms with E-state index in [9.17, 15) is 5.21 Å². The maximum atomic E-state index is 10.9. The fourth-order valence-electron chi connectivity index (χ4n) is 0.982. The van der Waals surface area contributed by atoms with E-state index in [4.69, 9.17) is 11.6 Å². The molecule has 0 N–H and O–H groups in total. The molecular formula is C7H4ClN2O-. The highest BCUT2D eigenvalue weighted by atomic mass is 35.5. The van der Waals surface area contributed by atoms with E-state index in [0.29, 0.717) is 20.8 Å². The number of aromatic nitrogens is 2. The number of hydrogen-bond donors (Lipinski definition) is 0. The third kappa shape index (κ3) is 0.851. The molecule has 2 heterocycles. The fourth-order valence-corrected chi connectivity index (χ4v) is 1.19. The van der Waals surface area contributed by atoms with E-state index in [0.717, 1.165) is 0 Å². The zero-order valence-electron chi connectivity index (χ0n) is 5.49. The Morgan fingerprint density at radius 3 is 3.00 bits per heavy atom. The molecule has 0 radical (unpaired) electrons. The fraction of sp³-hybridized carbons (Fsp3) is 0. The molecule has 11 heavy (non-hydrogen) atoms. The minimum atomic E-state index is 0.373. The number of rotatable bonds is 0. The summed E-state index contributed by atoms with van der Waals surface area (Å²) in [6, 6.07) is 3.31. The molecule has 2 rings (SSSR count). The van der Waals surface area contributed by atoms with Gasteiger partial charge in [-0.3, -0.25) is 0 Å². The van der Waals surface area contributed by atoms with Crippen LogP contribution in [0.5, 0.6) is 0 Å². The summed E-state index contributed by atoms with van der Waals surface area (Å²) in [7, 11) is 0. The highest BCUT2D eigenvalue weighted by molar-refractivity contribution is 6.35. The van der Waals surface area contributed by atoms with Gasteiger partial charge in [0.2, 0.25) is 0 Å². The molecule has 0 fully saturated rings. The van der Waals surface area contributed by atoms with Crippen molar-refractivity contribution in [3.63, 3.8) is 0 Å². The third-order valence-electron chi connectivity index (χ3n) is 1.50. The molecule has 0 saturated carbocycles. The van der Waals surface area contributed by atoms with Gasteiger partial charge in [-0.25, -0.2) is 4.98 Å². The zero-order chi connectivity index (χ0) is 7.84. The molecule has 2 aromatic heterocycles. The number of pyridine rings is 1. The molecule has 0 aliphatic rings. The predicted octanol–water partition coefficient (Wildman–Crippen LogP) is 2.04. The van der Waals surface area contributed by atoms with Crippen LogP contribution in [0, 0.1) is 5.21 Å². The Labute approximate surface area is 67.8 Å². The van der Waals surface area contributed by atoms with Gasteiger partial charge < -0.3 is 9.94 Å². The van der Waals surface area contributed by atoms with Crippen LogP contribution in [-0.4, -0.2) is 9.71 Å². The second kappa shape index (κ2) is 2.13. The Balaban J connectivity index is 2.94. The van der Waals surface area contributed by atoms with Gasteiger partial charge in [-0.2, -0.15) is 0 Å². The standard InChI is InChI=1S/C7H4ClN2O/c8-6-1-3-9-7-5(6)2-4-10(7)11/h1-4H/q-1. The summed E-state index contributed by atoms with van der Waals surface area (Å²) in [5.41, 5.74) is 0.373. The molecular weight excluding hydrogens is 164 g/mol. The van der Waals surface area contributed by atoms with Gasteiger partial charge >= 0.3 is 0 Å². The van der Waals surface area contributed by atoms with Crippen molar-refractivity contribution in [2.24, 2.45) is 0 Å². The van der Waals surface area contributed by atoms with Crippen LogP contribution in [0.1, 0.15) is 0 Å². The number of fused-ring (bicyclic) bond motifs is 1. The predicted molar refractivity (Wildman–Crippen MR) is 43.5 cm³/mol. The zero-order valence-corrected chi connectivity index (χ0v) is 6.25. The van der Waals surface area contributed by atoms with Gasteiger partial charge in [0.05, 0.1) is 5.02 Å². The number of hydrogen-bond acceptors (Lipinski definition) is 2. The van der Waals surface area contributed by atoms with Crippen LogP contribution < -0.4 is 0 Å². The molecule has 0 atom stereocenters. The van der Waals surface area contributed by atoms with E-state index >= 15 is 0 Å². The maximum Gasteiger partial charge on any atom is 0.136 e.